The number of H-pyrrole nitrogens is 1. The maximum Gasteiger partial charge on any atom is 0.266 e. The molecule has 1 amide bonds. The van der Waals surface area contributed by atoms with Crippen molar-refractivity contribution in [3.05, 3.63) is 62.6 Å². The number of rotatable bonds is 8. The van der Waals surface area contributed by atoms with Crippen LogP contribution in [0, 0.1) is 32.1 Å². The van der Waals surface area contributed by atoms with Crippen molar-refractivity contribution in [2.45, 2.75) is 40.5 Å². The van der Waals surface area contributed by atoms with Gasteiger partial charge in [0.05, 0.1) is 0 Å². The molecule has 0 aliphatic heterocycles. The summed E-state index contributed by atoms with van der Waals surface area (Å²) >= 11 is 0. The molecule has 148 valence electrons. The fourth-order valence-corrected chi connectivity index (χ4v) is 3.44. The van der Waals surface area contributed by atoms with Crippen molar-refractivity contribution in [2.24, 2.45) is 0 Å². The van der Waals surface area contributed by atoms with Crippen LogP contribution in [0.15, 0.2) is 29.1 Å². The van der Waals surface area contributed by atoms with Gasteiger partial charge in [0.2, 0.25) is 5.91 Å². The smallest absolute Gasteiger partial charge is 0.266 e. The van der Waals surface area contributed by atoms with Gasteiger partial charge in [-0.15, -0.1) is 0 Å². The Morgan fingerprint density at radius 1 is 1.25 bits per heavy atom. The van der Waals surface area contributed by atoms with Crippen molar-refractivity contribution in [2.75, 3.05) is 24.5 Å². The SMILES string of the molecule is CCN(CCNC(=O)CCc1c(C)[nH]c(=O)c(C#N)c1C)c1ccccc1C. The highest BCUT2D eigenvalue weighted by atomic mass is 16.1. The Kier molecular flexibility index (Phi) is 7.39. The van der Waals surface area contributed by atoms with E-state index in [4.69, 9.17) is 5.26 Å². The highest BCUT2D eigenvalue weighted by Crippen LogP contribution is 2.18. The number of nitriles is 1. The first-order valence-corrected chi connectivity index (χ1v) is 9.58. The lowest BCUT2D eigenvalue weighted by Crippen LogP contribution is -2.35. The molecule has 2 aromatic rings. The van der Waals surface area contributed by atoms with Gasteiger partial charge in [-0.1, -0.05) is 18.2 Å². The summed E-state index contributed by atoms with van der Waals surface area (Å²) in [5.41, 5.74) is 4.39. The normalized spacial score (nSPS) is 10.4. The topological polar surface area (TPSA) is 89.0 Å². The second-order valence-corrected chi connectivity index (χ2v) is 6.89. The number of hydrogen-bond donors (Lipinski definition) is 2. The van der Waals surface area contributed by atoms with Crippen molar-refractivity contribution in [1.29, 1.82) is 5.26 Å². The first kappa shape index (κ1) is 21.2. The fraction of sp³-hybridized carbons (Fsp3) is 0.409. The van der Waals surface area contributed by atoms with E-state index in [0.29, 0.717) is 30.6 Å². The zero-order valence-corrected chi connectivity index (χ0v) is 17.1. The van der Waals surface area contributed by atoms with Crippen LogP contribution in [0.3, 0.4) is 0 Å². The lowest BCUT2D eigenvalue weighted by molar-refractivity contribution is -0.120. The van der Waals surface area contributed by atoms with Crippen LogP contribution in [-0.2, 0) is 11.2 Å². The van der Waals surface area contributed by atoms with Crippen molar-refractivity contribution in [3.63, 3.8) is 0 Å². The summed E-state index contributed by atoms with van der Waals surface area (Å²) in [6.45, 7) is 9.91. The maximum atomic E-state index is 12.3. The minimum atomic E-state index is -0.374. The molecule has 0 saturated carbocycles. The van der Waals surface area contributed by atoms with E-state index < -0.39 is 0 Å². The summed E-state index contributed by atoms with van der Waals surface area (Å²) in [5.74, 6) is -0.0376. The van der Waals surface area contributed by atoms with Crippen LogP contribution >= 0.6 is 0 Å². The first-order valence-electron chi connectivity index (χ1n) is 9.58. The van der Waals surface area contributed by atoms with Crippen LogP contribution in [0.5, 0.6) is 0 Å². The molecule has 0 aliphatic carbocycles. The lowest BCUT2D eigenvalue weighted by Gasteiger charge is -2.25. The second-order valence-electron chi connectivity index (χ2n) is 6.89. The molecule has 6 heteroatoms. The number of carbonyl (C=O) groups is 1. The highest BCUT2D eigenvalue weighted by molar-refractivity contribution is 5.76. The third kappa shape index (κ3) is 5.01. The predicted molar refractivity (Wildman–Crippen MR) is 112 cm³/mol. The molecule has 0 radical (unpaired) electrons. The van der Waals surface area contributed by atoms with Crippen LogP contribution in [0.4, 0.5) is 5.69 Å². The number of nitrogens with zero attached hydrogens (tertiary/aromatic N) is 2. The third-order valence-corrected chi connectivity index (χ3v) is 5.06. The van der Waals surface area contributed by atoms with Gasteiger partial charge in [-0.2, -0.15) is 5.26 Å². The maximum absolute atomic E-state index is 12.3. The Balaban J connectivity index is 1.91. The van der Waals surface area contributed by atoms with Gasteiger partial charge in [-0.25, -0.2) is 0 Å². The van der Waals surface area contributed by atoms with Crippen molar-refractivity contribution < 1.29 is 4.79 Å². The van der Waals surface area contributed by atoms with E-state index in [1.807, 2.05) is 18.2 Å². The third-order valence-electron chi connectivity index (χ3n) is 5.06. The predicted octanol–water partition coefficient (Wildman–Crippen LogP) is 2.75. The van der Waals surface area contributed by atoms with Gasteiger partial charge in [0.15, 0.2) is 0 Å². The minimum absolute atomic E-state index is 0.0376. The van der Waals surface area contributed by atoms with Crippen LogP contribution in [0.1, 0.15) is 41.3 Å². The van der Waals surface area contributed by atoms with Gasteiger partial charge in [-0.3, -0.25) is 9.59 Å². The molecule has 0 atom stereocenters. The Morgan fingerprint density at radius 3 is 2.61 bits per heavy atom. The molecule has 0 unspecified atom stereocenters. The number of aromatic nitrogens is 1. The summed E-state index contributed by atoms with van der Waals surface area (Å²) in [6.07, 6.45) is 0.805. The molecule has 0 aliphatic rings. The summed E-state index contributed by atoms with van der Waals surface area (Å²) < 4.78 is 0. The van der Waals surface area contributed by atoms with E-state index in [1.165, 1.54) is 11.3 Å². The average molecular weight is 380 g/mol. The van der Waals surface area contributed by atoms with Gasteiger partial charge in [0, 0.05) is 37.4 Å². The van der Waals surface area contributed by atoms with Crippen molar-refractivity contribution in [1.82, 2.24) is 10.3 Å². The molecule has 2 N–H and O–H groups in total. The zero-order chi connectivity index (χ0) is 20.7. The van der Waals surface area contributed by atoms with Gasteiger partial charge >= 0.3 is 0 Å². The quantitative estimate of drug-likeness (QED) is 0.737. The highest BCUT2D eigenvalue weighted by Gasteiger charge is 2.13. The molecule has 28 heavy (non-hydrogen) atoms. The Labute approximate surface area is 166 Å². The molecule has 2 rings (SSSR count). The Morgan fingerprint density at radius 2 is 1.96 bits per heavy atom. The molecule has 0 saturated heterocycles. The molecule has 1 aromatic heterocycles. The summed E-state index contributed by atoms with van der Waals surface area (Å²) in [7, 11) is 0. The van der Waals surface area contributed by atoms with Crippen LogP contribution in [0.25, 0.3) is 0 Å². The number of hydrogen-bond acceptors (Lipinski definition) is 4. The van der Waals surface area contributed by atoms with Gasteiger partial charge < -0.3 is 15.2 Å². The number of pyridine rings is 1. The molecule has 0 fully saturated rings. The van der Waals surface area contributed by atoms with E-state index >= 15 is 0 Å². The first-order chi connectivity index (χ1) is 13.4. The molecule has 6 nitrogen and oxygen atoms in total. The number of amides is 1. The van der Waals surface area contributed by atoms with Crippen molar-refractivity contribution in [3.8, 4) is 6.07 Å². The number of aryl methyl sites for hydroxylation is 2. The average Bonchev–Trinajstić information content (AvgIpc) is 2.66. The summed E-state index contributed by atoms with van der Waals surface area (Å²) in [4.78, 5) is 29.0. The molecule has 1 aromatic carbocycles. The Hall–Kier alpha value is -3.07. The van der Waals surface area contributed by atoms with Gasteiger partial charge in [0.1, 0.15) is 11.6 Å². The minimum Gasteiger partial charge on any atom is -0.370 e. The number of aromatic amines is 1. The number of nitrogens with one attached hydrogen (secondary N) is 2. The van der Waals surface area contributed by atoms with Crippen LogP contribution in [-0.4, -0.2) is 30.5 Å². The summed E-state index contributed by atoms with van der Waals surface area (Å²) in [6, 6.07) is 10.2. The van der Waals surface area contributed by atoms with E-state index in [0.717, 1.165) is 18.7 Å². The molecular formula is C22H28N4O2. The zero-order valence-electron chi connectivity index (χ0n) is 17.1. The fourth-order valence-electron chi connectivity index (χ4n) is 3.44. The van der Waals surface area contributed by atoms with Crippen LogP contribution < -0.4 is 15.8 Å². The largest absolute Gasteiger partial charge is 0.370 e. The van der Waals surface area contributed by atoms with E-state index in [2.05, 4.69) is 41.2 Å². The van der Waals surface area contributed by atoms with Gasteiger partial charge in [-0.05, 0) is 56.9 Å². The summed E-state index contributed by atoms with van der Waals surface area (Å²) in [5, 5.41) is 12.1. The molecule has 0 bridgehead atoms. The molecular weight excluding hydrogens is 352 g/mol. The van der Waals surface area contributed by atoms with Crippen molar-refractivity contribution >= 4 is 11.6 Å². The molecule has 0 spiro atoms. The van der Waals surface area contributed by atoms with Gasteiger partial charge in [0.25, 0.3) is 5.56 Å². The number of likely N-dealkylation sites (N-methyl/N-ethyl adjacent to an activating group) is 1. The standard InChI is InChI=1S/C22H28N4O2/c1-5-26(20-9-7-6-8-15(20)2)13-12-24-21(27)11-10-18-16(3)19(14-23)22(28)25-17(18)4/h6-9H,5,10-13H2,1-4H3,(H,24,27)(H,25,28). The number of benzene rings is 1. The van der Waals surface area contributed by atoms with E-state index in [1.54, 1.807) is 13.8 Å². The van der Waals surface area contributed by atoms with E-state index in [9.17, 15) is 9.59 Å². The monoisotopic (exact) mass is 380 g/mol. The number of anilines is 1. The van der Waals surface area contributed by atoms with E-state index in [-0.39, 0.29) is 17.0 Å². The number of para-hydroxylation sites is 1. The lowest BCUT2D eigenvalue weighted by atomic mass is 9.99. The Bertz CT molecular complexity index is 941. The second kappa shape index (κ2) is 9.75. The molecule has 1 heterocycles. The van der Waals surface area contributed by atoms with Crippen LogP contribution in [0.2, 0.25) is 0 Å². The number of carbonyl (C=O) groups excluding carboxylic acids is 1.